The number of aromatic nitrogens is 3. The third kappa shape index (κ3) is 5.18. The lowest BCUT2D eigenvalue weighted by Gasteiger charge is -2.33. The van der Waals surface area contributed by atoms with Crippen LogP contribution in [0.3, 0.4) is 0 Å². The van der Waals surface area contributed by atoms with E-state index >= 15 is 0 Å². The van der Waals surface area contributed by atoms with Crippen LogP contribution in [0.2, 0.25) is 0 Å². The van der Waals surface area contributed by atoms with Crippen molar-refractivity contribution in [2.75, 3.05) is 4.31 Å². The Bertz CT molecular complexity index is 1540. The van der Waals surface area contributed by atoms with E-state index in [1.807, 2.05) is 0 Å². The molecule has 0 saturated heterocycles. The van der Waals surface area contributed by atoms with Crippen LogP contribution < -0.4 is 4.31 Å². The first-order valence-electron chi connectivity index (χ1n) is 10.9. The van der Waals surface area contributed by atoms with Crippen molar-refractivity contribution in [3.8, 4) is 5.69 Å². The molecule has 4 aromatic rings. The van der Waals surface area contributed by atoms with Gasteiger partial charge < -0.3 is 5.11 Å². The quantitative estimate of drug-likeness (QED) is 0.310. The zero-order chi connectivity index (χ0) is 28.6. The van der Waals surface area contributed by atoms with E-state index in [-0.39, 0.29) is 22.0 Å². The zero-order valence-corrected chi connectivity index (χ0v) is 20.2. The van der Waals surface area contributed by atoms with Crippen LogP contribution in [0.5, 0.6) is 0 Å². The summed E-state index contributed by atoms with van der Waals surface area (Å²) in [6, 6.07) is 14.4. The van der Waals surface area contributed by atoms with Crippen LogP contribution in [0.15, 0.2) is 90.0 Å². The highest BCUT2D eigenvalue weighted by molar-refractivity contribution is 7.92. The topological polar surface area (TPSA) is 88.3 Å². The molecule has 0 aliphatic heterocycles. The molecule has 206 valence electrons. The second-order valence-corrected chi connectivity index (χ2v) is 10.0. The van der Waals surface area contributed by atoms with Gasteiger partial charge in [0.1, 0.15) is 17.2 Å². The SMILES string of the molecule is O=S(=O)(c1ccccc1)N(Cc1cn(-c2ccccc2F)nn1)c1ccc(C(O)(C(F)(F)F)C(F)(F)F)cc1. The number of benzene rings is 3. The molecular formula is C24H17F7N4O3S. The molecule has 0 bridgehead atoms. The summed E-state index contributed by atoms with van der Waals surface area (Å²) in [4.78, 5) is -0.238. The van der Waals surface area contributed by atoms with Gasteiger partial charge in [-0.15, -0.1) is 5.10 Å². The van der Waals surface area contributed by atoms with E-state index < -0.39 is 45.9 Å². The summed E-state index contributed by atoms with van der Waals surface area (Å²) in [6.07, 6.45) is -11.0. The summed E-state index contributed by atoms with van der Waals surface area (Å²) in [5.74, 6) is -0.653. The lowest BCUT2D eigenvalue weighted by molar-refractivity contribution is -0.376. The Morgan fingerprint density at radius 2 is 1.38 bits per heavy atom. The summed E-state index contributed by atoms with van der Waals surface area (Å²) in [6.45, 7) is -0.576. The van der Waals surface area contributed by atoms with Crippen molar-refractivity contribution in [3.63, 3.8) is 0 Å². The van der Waals surface area contributed by atoms with Gasteiger partial charge in [0.15, 0.2) is 0 Å². The van der Waals surface area contributed by atoms with Crippen LogP contribution >= 0.6 is 0 Å². The largest absolute Gasteiger partial charge is 0.430 e. The Morgan fingerprint density at radius 1 is 0.821 bits per heavy atom. The van der Waals surface area contributed by atoms with E-state index in [4.69, 9.17) is 0 Å². The van der Waals surface area contributed by atoms with Gasteiger partial charge in [0.2, 0.25) is 0 Å². The van der Waals surface area contributed by atoms with Crippen LogP contribution in [0, 0.1) is 5.82 Å². The van der Waals surface area contributed by atoms with Gasteiger partial charge in [0, 0.05) is 5.56 Å². The summed E-state index contributed by atoms with van der Waals surface area (Å²) >= 11 is 0. The molecule has 1 aromatic heterocycles. The van der Waals surface area contributed by atoms with Crippen molar-refractivity contribution in [2.24, 2.45) is 0 Å². The molecule has 7 nitrogen and oxygen atoms in total. The van der Waals surface area contributed by atoms with Gasteiger partial charge in [-0.25, -0.2) is 17.5 Å². The van der Waals surface area contributed by atoms with Crippen LogP contribution in [-0.2, 0) is 22.2 Å². The highest BCUT2D eigenvalue weighted by atomic mass is 32.2. The average molecular weight is 574 g/mol. The molecule has 0 spiro atoms. The summed E-state index contributed by atoms with van der Waals surface area (Å²) in [5.41, 5.74) is -7.12. The zero-order valence-electron chi connectivity index (χ0n) is 19.4. The molecule has 3 aromatic carbocycles. The van der Waals surface area contributed by atoms with E-state index in [1.54, 1.807) is 0 Å². The number of hydrogen-bond donors (Lipinski definition) is 1. The molecular weight excluding hydrogens is 557 g/mol. The maximum Gasteiger partial charge on any atom is 0.430 e. The first kappa shape index (κ1) is 28.0. The van der Waals surface area contributed by atoms with Crippen molar-refractivity contribution < 1.29 is 44.3 Å². The maximum atomic E-state index is 14.1. The molecule has 0 atom stereocenters. The molecule has 0 aliphatic carbocycles. The van der Waals surface area contributed by atoms with Crippen molar-refractivity contribution in [3.05, 3.63) is 102 Å². The normalized spacial score (nSPS) is 12.9. The number of halogens is 7. The van der Waals surface area contributed by atoms with Crippen molar-refractivity contribution in [1.82, 2.24) is 15.0 Å². The molecule has 15 heteroatoms. The number of alkyl halides is 6. The highest BCUT2D eigenvalue weighted by Gasteiger charge is 2.71. The molecule has 0 fully saturated rings. The Labute approximate surface area is 216 Å². The summed E-state index contributed by atoms with van der Waals surface area (Å²) in [7, 11) is -4.45. The number of anilines is 1. The van der Waals surface area contributed by atoms with E-state index in [2.05, 4.69) is 10.3 Å². The predicted molar refractivity (Wildman–Crippen MR) is 124 cm³/mol. The number of rotatable bonds is 7. The molecule has 4 rings (SSSR count). The van der Waals surface area contributed by atoms with Crippen LogP contribution in [0.25, 0.3) is 5.69 Å². The van der Waals surface area contributed by atoms with Gasteiger partial charge >= 0.3 is 12.4 Å². The van der Waals surface area contributed by atoms with Crippen molar-refractivity contribution in [1.29, 1.82) is 0 Å². The number of sulfonamides is 1. The van der Waals surface area contributed by atoms with Gasteiger partial charge in [0.25, 0.3) is 15.6 Å². The molecule has 39 heavy (non-hydrogen) atoms. The Balaban J connectivity index is 1.78. The van der Waals surface area contributed by atoms with Gasteiger partial charge in [-0.3, -0.25) is 4.31 Å². The smallest absolute Gasteiger partial charge is 0.369 e. The molecule has 1 N–H and O–H groups in total. The monoisotopic (exact) mass is 574 g/mol. The lowest BCUT2D eigenvalue weighted by atomic mass is 9.92. The fourth-order valence-corrected chi connectivity index (χ4v) is 5.12. The van der Waals surface area contributed by atoms with Gasteiger partial charge in [-0.1, -0.05) is 47.7 Å². The standard InChI is InChI=1S/C24H17F7N4O3S/c25-20-8-4-5-9-21(20)34-14-17(32-33-34)15-35(39(37,38)19-6-2-1-3-7-19)18-12-10-16(11-13-18)22(36,23(26,27)28)24(29,30)31/h1-14,36H,15H2. The van der Waals surface area contributed by atoms with Crippen LogP contribution in [0.4, 0.5) is 36.4 Å². The summed E-state index contributed by atoms with van der Waals surface area (Å²) in [5, 5.41) is 17.3. The van der Waals surface area contributed by atoms with E-state index in [9.17, 15) is 44.3 Å². The number of aliphatic hydroxyl groups is 1. The van der Waals surface area contributed by atoms with Crippen LogP contribution in [0.1, 0.15) is 11.3 Å². The maximum absolute atomic E-state index is 14.1. The predicted octanol–water partition coefficient (Wildman–Crippen LogP) is 5.11. The third-order valence-electron chi connectivity index (χ3n) is 5.67. The van der Waals surface area contributed by atoms with Gasteiger partial charge in [-0.2, -0.15) is 26.3 Å². The minimum atomic E-state index is -6.12. The Kier molecular flexibility index (Phi) is 7.16. The minimum absolute atomic E-state index is 0.00310. The minimum Gasteiger partial charge on any atom is -0.369 e. The number of nitrogens with zero attached hydrogens (tertiary/aromatic N) is 4. The molecule has 0 radical (unpaired) electrons. The number of para-hydroxylation sites is 1. The van der Waals surface area contributed by atoms with Crippen molar-refractivity contribution >= 4 is 15.7 Å². The highest BCUT2D eigenvalue weighted by Crippen LogP contribution is 2.50. The van der Waals surface area contributed by atoms with Crippen molar-refractivity contribution in [2.45, 2.75) is 29.4 Å². The number of hydrogen-bond acceptors (Lipinski definition) is 5. The molecule has 0 amide bonds. The average Bonchev–Trinajstić information content (AvgIpc) is 3.35. The molecule has 1 heterocycles. The van der Waals surface area contributed by atoms with E-state index in [1.165, 1.54) is 54.7 Å². The molecule has 0 aliphatic rings. The summed E-state index contributed by atoms with van der Waals surface area (Å²) < 4.78 is 123. The van der Waals surface area contributed by atoms with Gasteiger partial charge in [-0.05, 0) is 36.4 Å². The second-order valence-electron chi connectivity index (χ2n) is 8.18. The van der Waals surface area contributed by atoms with E-state index in [0.717, 1.165) is 10.7 Å². The first-order valence-corrected chi connectivity index (χ1v) is 12.3. The van der Waals surface area contributed by atoms with Gasteiger partial charge in [0.05, 0.1) is 23.3 Å². The lowest BCUT2D eigenvalue weighted by Crippen LogP contribution is -2.53. The van der Waals surface area contributed by atoms with Crippen LogP contribution in [-0.4, -0.2) is 40.9 Å². The first-order chi connectivity index (χ1) is 18.2. The third-order valence-corrected chi connectivity index (χ3v) is 7.46. The second kappa shape index (κ2) is 9.96. The molecule has 0 saturated carbocycles. The fraction of sp³-hybridized carbons (Fsp3) is 0.167. The molecule has 0 unspecified atom stereocenters. The Hall–Kier alpha value is -3.98. The fourth-order valence-electron chi connectivity index (χ4n) is 3.66. The Morgan fingerprint density at radius 3 is 1.95 bits per heavy atom. The van der Waals surface area contributed by atoms with E-state index in [0.29, 0.717) is 28.6 Å².